The maximum absolute atomic E-state index is 13.5. The van der Waals surface area contributed by atoms with E-state index in [1.165, 1.54) is 12.1 Å². The Bertz CT molecular complexity index is 1200. The molecule has 1 amide bonds. The number of alkyl halides is 3. The van der Waals surface area contributed by atoms with Gasteiger partial charge in [-0.15, -0.1) is 13.2 Å². The molecule has 3 aliphatic heterocycles. The van der Waals surface area contributed by atoms with Crippen LogP contribution < -0.4 is 10.1 Å². The van der Waals surface area contributed by atoms with Crippen molar-refractivity contribution in [3.05, 3.63) is 58.9 Å². The van der Waals surface area contributed by atoms with Crippen molar-refractivity contribution in [1.29, 1.82) is 0 Å². The average Bonchev–Trinajstić information content (AvgIpc) is 3.01. The summed E-state index contributed by atoms with van der Waals surface area (Å²) < 4.78 is 58.9. The zero-order valence-electron chi connectivity index (χ0n) is 24.9. The normalized spacial score (nSPS) is 25.5. The second-order valence-electron chi connectivity index (χ2n) is 11.8. The molecule has 4 heterocycles. The van der Waals surface area contributed by atoms with Crippen molar-refractivity contribution in [3.63, 3.8) is 0 Å². The SMILES string of the molecule is CO[C@H]1COCC[C@H]1NC1CCN(C(=O)c2cncc(CC[C@H]3CCC[C@@H](c4ccc(OC(F)(F)F)cc4)O3)c2C)CC1. The number of carbonyl (C=O) groups excluding carboxylic acids is 1. The van der Waals surface area contributed by atoms with Crippen molar-refractivity contribution in [2.24, 2.45) is 0 Å². The summed E-state index contributed by atoms with van der Waals surface area (Å²) in [5.74, 6) is -0.213. The number of piperidine rings is 1. The number of rotatable bonds is 9. The number of aryl methyl sites for hydroxylation is 1. The molecule has 2 aromatic rings. The quantitative estimate of drug-likeness (QED) is 0.403. The Morgan fingerprint density at radius 3 is 2.58 bits per heavy atom. The third kappa shape index (κ3) is 8.47. The Balaban J connectivity index is 1.12. The molecule has 0 aliphatic carbocycles. The highest BCUT2D eigenvalue weighted by Gasteiger charge is 2.32. The van der Waals surface area contributed by atoms with Gasteiger partial charge in [-0.25, -0.2) is 0 Å². The Kier molecular flexibility index (Phi) is 10.6. The second kappa shape index (κ2) is 14.4. The van der Waals surface area contributed by atoms with Gasteiger partial charge in [0.1, 0.15) is 5.75 Å². The van der Waals surface area contributed by atoms with E-state index in [9.17, 15) is 18.0 Å². The third-order valence-corrected chi connectivity index (χ3v) is 8.96. The third-order valence-electron chi connectivity index (χ3n) is 8.96. The molecule has 3 saturated heterocycles. The first-order valence-corrected chi connectivity index (χ1v) is 15.3. The maximum atomic E-state index is 13.5. The van der Waals surface area contributed by atoms with E-state index >= 15 is 0 Å². The van der Waals surface area contributed by atoms with Crippen LogP contribution >= 0.6 is 0 Å². The molecular weight excluding hydrogens is 563 g/mol. The lowest BCUT2D eigenvalue weighted by Gasteiger charge is -2.38. The minimum atomic E-state index is -4.71. The summed E-state index contributed by atoms with van der Waals surface area (Å²) in [6, 6.07) is 6.55. The van der Waals surface area contributed by atoms with Crippen LogP contribution in [0.15, 0.2) is 36.7 Å². The molecule has 0 unspecified atom stereocenters. The fourth-order valence-corrected chi connectivity index (χ4v) is 6.45. The van der Waals surface area contributed by atoms with Gasteiger partial charge in [0.05, 0.1) is 30.5 Å². The summed E-state index contributed by atoms with van der Waals surface area (Å²) in [6.07, 6.45) is 5.62. The van der Waals surface area contributed by atoms with Gasteiger partial charge in [-0.3, -0.25) is 9.78 Å². The molecule has 3 aliphatic rings. The van der Waals surface area contributed by atoms with Crippen molar-refractivity contribution >= 4 is 5.91 Å². The molecule has 8 nitrogen and oxygen atoms in total. The lowest BCUT2D eigenvalue weighted by Crippen LogP contribution is -2.54. The Labute approximate surface area is 251 Å². The number of hydrogen-bond acceptors (Lipinski definition) is 7. The minimum absolute atomic E-state index is 0.0172. The number of halogens is 3. The van der Waals surface area contributed by atoms with Gasteiger partial charge in [-0.2, -0.15) is 0 Å². The van der Waals surface area contributed by atoms with Gasteiger partial charge in [0.15, 0.2) is 0 Å². The molecule has 5 rings (SSSR count). The predicted molar refractivity (Wildman–Crippen MR) is 154 cm³/mol. The van der Waals surface area contributed by atoms with E-state index in [1.54, 1.807) is 25.4 Å². The molecule has 0 bridgehead atoms. The van der Waals surface area contributed by atoms with E-state index in [4.69, 9.17) is 14.2 Å². The molecule has 11 heteroatoms. The van der Waals surface area contributed by atoms with Gasteiger partial charge in [-0.1, -0.05) is 12.1 Å². The van der Waals surface area contributed by atoms with Crippen LogP contribution in [0.1, 0.15) is 78.1 Å². The van der Waals surface area contributed by atoms with Crippen molar-refractivity contribution < 1.29 is 36.9 Å². The number of nitrogens with zero attached hydrogens (tertiary/aromatic N) is 2. The monoisotopic (exact) mass is 605 g/mol. The van der Waals surface area contributed by atoms with Crippen LogP contribution in [-0.4, -0.2) is 79.9 Å². The molecule has 1 aromatic carbocycles. The number of pyridine rings is 1. The molecule has 0 radical (unpaired) electrons. The highest BCUT2D eigenvalue weighted by atomic mass is 19.4. The van der Waals surface area contributed by atoms with Crippen molar-refractivity contribution in [2.75, 3.05) is 33.4 Å². The number of hydrogen-bond donors (Lipinski definition) is 1. The number of nitrogens with one attached hydrogen (secondary N) is 1. The van der Waals surface area contributed by atoms with Crippen LogP contribution in [0.3, 0.4) is 0 Å². The van der Waals surface area contributed by atoms with E-state index in [0.717, 1.165) is 74.7 Å². The molecule has 43 heavy (non-hydrogen) atoms. The van der Waals surface area contributed by atoms with Crippen LogP contribution in [0, 0.1) is 6.92 Å². The van der Waals surface area contributed by atoms with Crippen LogP contribution in [0.4, 0.5) is 13.2 Å². The lowest BCUT2D eigenvalue weighted by molar-refractivity contribution is -0.274. The molecule has 236 valence electrons. The average molecular weight is 606 g/mol. The van der Waals surface area contributed by atoms with E-state index in [1.807, 2.05) is 18.0 Å². The first-order valence-electron chi connectivity index (χ1n) is 15.3. The topological polar surface area (TPSA) is 82.2 Å². The van der Waals surface area contributed by atoms with Gasteiger partial charge in [0.25, 0.3) is 5.91 Å². The Hall–Kier alpha value is -2.73. The van der Waals surface area contributed by atoms with Gasteiger partial charge in [-0.05, 0) is 87.1 Å². The zero-order valence-corrected chi connectivity index (χ0v) is 24.9. The maximum Gasteiger partial charge on any atom is 0.573 e. The van der Waals surface area contributed by atoms with Gasteiger partial charge in [0.2, 0.25) is 0 Å². The number of benzene rings is 1. The molecule has 1 aromatic heterocycles. The van der Waals surface area contributed by atoms with E-state index in [2.05, 4.69) is 15.0 Å². The summed E-state index contributed by atoms with van der Waals surface area (Å²) >= 11 is 0. The van der Waals surface area contributed by atoms with Gasteiger partial charge >= 0.3 is 6.36 Å². The summed E-state index contributed by atoms with van der Waals surface area (Å²) in [6.45, 7) is 4.73. The molecule has 0 saturated carbocycles. The zero-order chi connectivity index (χ0) is 30.4. The molecule has 1 N–H and O–H groups in total. The molecule has 4 atom stereocenters. The summed E-state index contributed by atoms with van der Waals surface area (Å²) in [5, 5.41) is 3.74. The number of aromatic nitrogens is 1. The van der Waals surface area contributed by atoms with Crippen LogP contribution in [-0.2, 0) is 20.6 Å². The fourth-order valence-electron chi connectivity index (χ4n) is 6.45. The fraction of sp³-hybridized carbons (Fsp3) is 0.625. The van der Waals surface area contributed by atoms with Gasteiger partial charge in [0, 0.05) is 51.3 Å². The standard InChI is InChI=1S/C32H42F3N3O5/c1-21-23(8-9-25-4-3-5-29(42-25)22-6-10-26(11-7-22)43-32(33,34)35)18-36-19-27(21)31(39)38-15-12-24(13-16-38)37-28-14-17-41-20-30(28)40-2/h6-7,10-11,18-19,24-25,28-30,37H,3-5,8-9,12-17,20H2,1-2H3/t25-,28-,29+,30+/m1/s1. The Morgan fingerprint density at radius 1 is 1.09 bits per heavy atom. The van der Waals surface area contributed by atoms with Crippen molar-refractivity contribution in [3.8, 4) is 5.75 Å². The lowest BCUT2D eigenvalue weighted by atomic mass is 9.94. The number of methoxy groups -OCH3 is 1. The summed E-state index contributed by atoms with van der Waals surface area (Å²) in [4.78, 5) is 19.9. The van der Waals surface area contributed by atoms with Crippen LogP contribution in [0.2, 0.25) is 0 Å². The minimum Gasteiger partial charge on any atom is -0.406 e. The number of ether oxygens (including phenoxy) is 4. The predicted octanol–water partition coefficient (Wildman–Crippen LogP) is 5.53. The number of carbonyl (C=O) groups is 1. The number of likely N-dealkylation sites (tertiary alicyclic amines) is 1. The van der Waals surface area contributed by atoms with Crippen molar-refractivity contribution in [2.45, 2.75) is 95.0 Å². The van der Waals surface area contributed by atoms with E-state index in [0.29, 0.717) is 31.3 Å². The second-order valence-corrected chi connectivity index (χ2v) is 11.8. The van der Waals surface area contributed by atoms with Crippen LogP contribution in [0.5, 0.6) is 5.75 Å². The first kappa shape index (κ1) is 31.7. The summed E-state index contributed by atoms with van der Waals surface area (Å²) in [5.41, 5.74) is 3.48. The highest BCUT2D eigenvalue weighted by molar-refractivity contribution is 5.95. The van der Waals surface area contributed by atoms with E-state index < -0.39 is 6.36 Å². The smallest absolute Gasteiger partial charge is 0.406 e. The highest BCUT2D eigenvalue weighted by Crippen LogP contribution is 2.34. The molecular formula is C32H42F3N3O5. The van der Waals surface area contributed by atoms with Gasteiger partial charge < -0.3 is 29.2 Å². The largest absolute Gasteiger partial charge is 0.573 e. The first-order chi connectivity index (χ1) is 20.7. The summed E-state index contributed by atoms with van der Waals surface area (Å²) in [7, 11) is 1.72. The van der Waals surface area contributed by atoms with Crippen molar-refractivity contribution in [1.82, 2.24) is 15.2 Å². The van der Waals surface area contributed by atoms with E-state index in [-0.39, 0.29) is 36.0 Å². The Morgan fingerprint density at radius 2 is 1.86 bits per heavy atom. The molecule has 0 spiro atoms. The number of amides is 1. The molecule has 3 fully saturated rings. The van der Waals surface area contributed by atoms with Crippen LogP contribution in [0.25, 0.3) is 0 Å².